The molecule has 0 aromatic heterocycles. The summed E-state index contributed by atoms with van der Waals surface area (Å²) in [6, 6.07) is 6.88. The number of halogens is 1. The van der Waals surface area contributed by atoms with Gasteiger partial charge in [0, 0.05) is 34.9 Å². The number of nitrogens with zero attached hydrogens (tertiary/aromatic N) is 2. The molecule has 19 heavy (non-hydrogen) atoms. The molecule has 0 radical (unpaired) electrons. The molecule has 1 fully saturated rings. The Balaban J connectivity index is 2.15. The third-order valence-electron chi connectivity index (χ3n) is 3.98. The molecule has 0 saturated carbocycles. The molecular formula is C15H23BrN2O. The molecule has 1 unspecified atom stereocenters. The highest BCUT2D eigenvalue weighted by Crippen LogP contribution is 2.31. The molecule has 1 N–H and O–H groups in total. The van der Waals surface area contributed by atoms with Gasteiger partial charge in [-0.25, -0.2) is 0 Å². The number of hydrogen-bond acceptors (Lipinski definition) is 3. The standard InChI is InChI=1S/C15H23BrN2O/c1-11(19)14-10-12(16)4-5-15(14)18-8-6-13(7-9-18)17(2)3/h4-5,10-11,13,19H,6-9H2,1-3H3. The van der Waals surface area contributed by atoms with Crippen LogP contribution in [0.4, 0.5) is 5.69 Å². The van der Waals surface area contributed by atoms with Crippen molar-refractivity contribution in [3.63, 3.8) is 0 Å². The van der Waals surface area contributed by atoms with Crippen molar-refractivity contribution < 1.29 is 5.11 Å². The van der Waals surface area contributed by atoms with Gasteiger partial charge in [-0.3, -0.25) is 0 Å². The normalized spacial score (nSPS) is 18.9. The maximum Gasteiger partial charge on any atom is 0.0782 e. The largest absolute Gasteiger partial charge is 0.389 e. The van der Waals surface area contributed by atoms with Crippen molar-refractivity contribution >= 4 is 21.6 Å². The van der Waals surface area contributed by atoms with E-state index in [4.69, 9.17) is 0 Å². The van der Waals surface area contributed by atoms with Crippen LogP contribution in [0, 0.1) is 0 Å². The van der Waals surface area contributed by atoms with Crippen LogP contribution in [0.25, 0.3) is 0 Å². The quantitative estimate of drug-likeness (QED) is 0.924. The van der Waals surface area contributed by atoms with Gasteiger partial charge in [-0.15, -0.1) is 0 Å². The summed E-state index contributed by atoms with van der Waals surface area (Å²) in [4.78, 5) is 4.71. The molecule has 1 aromatic carbocycles. The first kappa shape index (κ1) is 14.8. The Morgan fingerprint density at radius 3 is 2.47 bits per heavy atom. The predicted molar refractivity (Wildman–Crippen MR) is 83.7 cm³/mol. The molecule has 0 bridgehead atoms. The van der Waals surface area contributed by atoms with Gasteiger partial charge < -0.3 is 14.9 Å². The van der Waals surface area contributed by atoms with Crippen LogP contribution in [0.3, 0.4) is 0 Å². The summed E-state index contributed by atoms with van der Waals surface area (Å²) < 4.78 is 1.02. The van der Waals surface area contributed by atoms with Crippen molar-refractivity contribution in [1.29, 1.82) is 0 Å². The summed E-state index contributed by atoms with van der Waals surface area (Å²) in [6.07, 6.45) is 1.93. The topological polar surface area (TPSA) is 26.7 Å². The van der Waals surface area contributed by atoms with E-state index in [-0.39, 0.29) is 0 Å². The highest BCUT2D eigenvalue weighted by atomic mass is 79.9. The molecule has 0 spiro atoms. The molecule has 106 valence electrons. The molecule has 2 rings (SSSR count). The van der Waals surface area contributed by atoms with E-state index in [0.29, 0.717) is 6.04 Å². The van der Waals surface area contributed by atoms with Crippen molar-refractivity contribution in [2.24, 2.45) is 0 Å². The van der Waals surface area contributed by atoms with Gasteiger partial charge in [-0.05, 0) is 52.1 Å². The Labute approximate surface area is 124 Å². The average molecular weight is 327 g/mol. The molecule has 1 aromatic rings. The van der Waals surface area contributed by atoms with Crippen molar-refractivity contribution in [3.8, 4) is 0 Å². The Kier molecular flexibility index (Phi) is 4.87. The van der Waals surface area contributed by atoms with E-state index in [1.807, 2.05) is 13.0 Å². The van der Waals surface area contributed by atoms with Crippen molar-refractivity contribution in [2.45, 2.75) is 31.9 Å². The Morgan fingerprint density at radius 1 is 1.32 bits per heavy atom. The SMILES string of the molecule is CC(O)c1cc(Br)ccc1N1CCC(N(C)C)CC1. The second kappa shape index (κ2) is 6.25. The van der Waals surface area contributed by atoms with E-state index < -0.39 is 6.10 Å². The van der Waals surface area contributed by atoms with Crippen LogP contribution < -0.4 is 4.90 Å². The Bertz CT molecular complexity index is 426. The van der Waals surface area contributed by atoms with Crippen LogP contribution >= 0.6 is 15.9 Å². The van der Waals surface area contributed by atoms with E-state index >= 15 is 0 Å². The highest BCUT2D eigenvalue weighted by Gasteiger charge is 2.23. The summed E-state index contributed by atoms with van der Waals surface area (Å²) in [5.74, 6) is 0. The monoisotopic (exact) mass is 326 g/mol. The van der Waals surface area contributed by atoms with Gasteiger partial charge in [0.1, 0.15) is 0 Å². The third-order valence-corrected chi connectivity index (χ3v) is 4.47. The molecule has 1 aliphatic heterocycles. The molecule has 1 aliphatic rings. The summed E-state index contributed by atoms with van der Waals surface area (Å²) >= 11 is 3.48. The first-order chi connectivity index (χ1) is 8.99. The number of rotatable bonds is 3. The summed E-state index contributed by atoms with van der Waals surface area (Å²) in [7, 11) is 4.31. The second-order valence-corrected chi connectivity index (χ2v) is 6.48. The first-order valence-corrected chi connectivity index (χ1v) is 7.67. The fraction of sp³-hybridized carbons (Fsp3) is 0.600. The van der Waals surface area contributed by atoms with Gasteiger partial charge in [-0.2, -0.15) is 0 Å². The lowest BCUT2D eigenvalue weighted by molar-refractivity contribution is 0.199. The van der Waals surface area contributed by atoms with Crippen LogP contribution in [0.5, 0.6) is 0 Å². The maximum absolute atomic E-state index is 9.94. The first-order valence-electron chi connectivity index (χ1n) is 6.88. The molecule has 3 nitrogen and oxygen atoms in total. The van der Waals surface area contributed by atoms with E-state index in [0.717, 1.165) is 23.1 Å². The van der Waals surface area contributed by atoms with Crippen LogP contribution in [0.15, 0.2) is 22.7 Å². The lowest BCUT2D eigenvalue weighted by atomic mass is 10.0. The van der Waals surface area contributed by atoms with Crippen molar-refractivity contribution in [2.75, 3.05) is 32.1 Å². The van der Waals surface area contributed by atoms with Gasteiger partial charge in [0.25, 0.3) is 0 Å². The molecular weight excluding hydrogens is 304 g/mol. The van der Waals surface area contributed by atoms with E-state index in [9.17, 15) is 5.11 Å². The predicted octanol–water partition coefficient (Wildman–Crippen LogP) is 3.03. The number of anilines is 1. The summed E-state index contributed by atoms with van der Waals surface area (Å²) in [6.45, 7) is 3.95. The van der Waals surface area contributed by atoms with E-state index in [1.165, 1.54) is 18.5 Å². The molecule has 0 aliphatic carbocycles. The van der Waals surface area contributed by atoms with Crippen LogP contribution in [-0.4, -0.2) is 43.2 Å². The smallest absolute Gasteiger partial charge is 0.0782 e. The van der Waals surface area contributed by atoms with Gasteiger partial charge in [0.2, 0.25) is 0 Å². The Morgan fingerprint density at radius 2 is 1.95 bits per heavy atom. The zero-order valence-electron chi connectivity index (χ0n) is 11.9. The minimum atomic E-state index is -0.431. The minimum Gasteiger partial charge on any atom is -0.389 e. The van der Waals surface area contributed by atoms with Crippen LogP contribution in [0.2, 0.25) is 0 Å². The lowest BCUT2D eigenvalue weighted by Gasteiger charge is -2.37. The fourth-order valence-electron chi connectivity index (χ4n) is 2.77. The van der Waals surface area contributed by atoms with Crippen LogP contribution in [0.1, 0.15) is 31.4 Å². The van der Waals surface area contributed by atoms with Crippen LogP contribution in [-0.2, 0) is 0 Å². The molecule has 1 heterocycles. The van der Waals surface area contributed by atoms with Gasteiger partial charge >= 0.3 is 0 Å². The summed E-state index contributed by atoms with van der Waals surface area (Å²) in [5, 5.41) is 9.94. The third kappa shape index (κ3) is 3.50. The number of aliphatic hydroxyl groups is 1. The number of piperidine rings is 1. The highest BCUT2D eigenvalue weighted by molar-refractivity contribution is 9.10. The molecule has 1 saturated heterocycles. The maximum atomic E-state index is 9.94. The van der Waals surface area contributed by atoms with E-state index in [2.05, 4.69) is 52.0 Å². The summed E-state index contributed by atoms with van der Waals surface area (Å²) in [5.41, 5.74) is 2.19. The van der Waals surface area contributed by atoms with Crippen molar-refractivity contribution in [1.82, 2.24) is 4.90 Å². The Hall–Kier alpha value is -0.580. The minimum absolute atomic E-state index is 0.431. The number of aliphatic hydroxyl groups excluding tert-OH is 1. The number of hydrogen-bond donors (Lipinski definition) is 1. The van der Waals surface area contributed by atoms with Gasteiger partial charge in [-0.1, -0.05) is 15.9 Å². The zero-order valence-corrected chi connectivity index (χ0v) is 13.5. The number of benzene rings is 1. The van der Waals surface area contributed by atoms with Gasteiger partial charge in [0.05, 0.1) is 6.10 Å². The lowest BCUT2D eigenvalue weighted by Crippen LogP contribution is -2.42. The fourth-order valence-corrected chi connectivity index (χ4v) is 3.15. The second-order valence-electron chi connectivity index (χ2n) is 5.56. The van der Waals surface area contributed by atoms with Gasteiger partial charge in [0.15, 0.2) is 0 Å². The molecule has 0 amide bonds. The zero-order chi connectivity index (χ0) is 14.0. The average Bonchev–Trinajstić information content (AvgIpc) is 2.38. The molecule has 4 heteroatoms. The van der Waals surface area contributed by atoms with E-state index in [1.54, 1.807) is 0 Å². The molecule has 1 atom stereocenters. The van der Waals surface area contributed by atoms with Crippen molar-refractivity contribution in [3.05, 3.63) is 28.2 Å².